The summed E-state index contributed by atoms with van der Waals surface area (Å²) in [5, 5.41) is 6.16. The molecule has 2 N–H and O–H groups in total. The van der Waals surface area contributed by atoms with Crippen LogP contribution in [0.15, 0.2) is 0 Å². The van der Waals surface area contributed by atoms with Crippen LogP contribution in [0.4, 0.5) is 0 Å². The Balaban J connectivity index is 2.33. The van der Waals surface area contributed by atoms with E-state index in [4.69, 9.17) is 0 Å². The molecule has 1 rings (SSSR count). The summed E-state index contributed by atoms with van der Waals surface area (Å²) >= 11 is 0. The van der Waals surface area contributed by atoms with Crippen LogP contribution in [0, 0.1) is 0 Å². The van der Waals surface area contributed by atoms with Gasteiger partial charge in [0.25, 0.3) is 0 Å². The van der Waals surface area contributed by atoms with Gasteiger partial charge in [0.1, 0.15) is 0 Å². The molecule has 3 heteroatoms. The van der Waals surface area contributed by atoms with E-state index in [0.717, 1.165) is 25.9 Å². The molecule has 1 atom stereocenters. The quantitative estimate of drug-likeness (QED) is 0.602. The van der Waals surface area contributed by atoms with E-state index in [1.165, 1.54) is 0 Å². The molecule has 0 saturated carbocycles. The summed E-state index contributed by atoms with van der Waals surface area (Å²) in [6, 6.07) is 0.405. The molecular weight excluding hydrogens is 140 g/mol. The number of rotatable bonds is 2. The number of nitrogens with one attached hydrogen (secondary N) is 2. The lowest BCUT2D eigenvalue weighted by atomic mass is 10.1. The third-order valence-corrected chi connectivity index (χ3v) is 1.95. The highest BCUT2D eigenvalue weighted by molar-refractivity contribution is 5.76. The zero-order valence-electron chi connectivity index (χ0n) is 7.02. The summed E-state index contributed by atoms with van der Waals surface area (Å²) in [5.41, 5.74) is 0. The van der Waals surface area contributed by atoms with Crippen molar-refractivity contribution < 1.29 is 4.79 Å². The van der Waals surface area contributed by atoms with Gasteiger partial charge in [-0.05, 0) is 6.42 Å². The first-order chi connectivity index (χ1) is 5.33. The molecule has 0 aromatic carbocycles. The van der Waals surface area contributed by atoms with Crippen LogP contribution in [0.2, 0.25) is 0 Å². The Morgan fingerprint density at radius 3 is 3.09 bits per heavy atom. The normalized spacial score (nSPS) is 25.9. The van der Waals surface area contributed by atoms with Crippen molar-refractivity contribution in [3.8, 4) is 0 Å². The molecule has 1 heterocycles. The van der Waals surface area contributed by atoms with E-state index in [9.17, 15) is 4.79 Å². The monoisotopic (exact) mass is 156 g/mol. The molecule has 0 bridgehead atoms. The highest BCUT2D eigenvalue weighted by atomic mass is 16.1. The zero-order valence-corrected chi connectivity index (χ0v) is 7.02. The number of amides is 1. The summed E-state index contributed by atoms with van der Waals surface area (Å²) in [5.74, 6) is 0.188. The van der Waals surface area contributed by atoms with Crippen LogP contribution >= 0.6 is 0 Å². The lowest BCUT2D eigenvalue weighted by molar-refractivity contribution is -0.121. The first-order valence-corrected chi connectivity index (χ1v) is 4.33. The molecule has 1 amide bonds. The van der Waals surface area contributed by atoms with Gasteiger partial charge in [0.2, 0.25) is 5.91 Å². The SMILES string of the molecule is CCCC1CC(=O)NCCN1. The first kappa shape index (κ1) is 8.53. The molecule has 1 fully saturated rings. The van der Waals surface area contributed by atoms with Crippen molar-refractivity contribution in [2.75, 3.05) is 13.1 Å². The Kier molecular flexibility index (Phi) is 3.36. The average molecular weight is 156 g/mol. The second kappa shape index (κ2) is 4.34. The van der Waals surface area contributed by atoms with Crippen molar-refractivity contribution in [2.24, 2.45) is 0 Å². The molecule has 1 saturated heterocycles. The summed E-state index contributed by atoms with van der Waals surface area (Å²) in [6.07, 6.45) is 2.90. The topological polar surface area (TPSA) is 41.1 Å². The van der Waals surface area contributed by atoms with Crippen LogP contribution in [0.5, 0.6) is 0 Å². The highest BCUT2D eigenvalue weighted by Gasteiger charge is 2.14. The standard InChI is InChI=1S/C8H16N2O/c1-2-3-7-6-8(11)10-5-4-9-7/h7,9H,2-6H2,1H3,(H,10,11). The summed E-state index contributed by atoms with van der Waals surface area (Å²) in [7, 11) is 0. The third kappa shape index (κ3) is 2.89. The summed E-state index contributed by atoms with van der Waals surface area (Å²) in [6.45, 7) is 3.83. The van der Waals surface area contributed by atoms with Gasteiger partial charge in [-0.1, -0.05) is 13.3 Å². The van der Waals surface area contributed by atoms with Crippen molar-refractivity contribution >= 4 is 5.91 Å². The van der Waals surface area contributed by atoms with Gasteiger partial charge in [-0.25, -0.2) is 0 Å². The molecule has 0 aromatic rings. The first-order valence-electron chi connectivity index (χ1n) is 4.33. The van der Waals surface area contributed by atoms with Crippen LogP contribution in [-0.2, 0) is 4.79 Å². The van der Waals surface area contributed by atoms with Crippen LogP contribution in [0.25, 0.3) is 0 Å². The van der Waals surface area contributed by atoms with Gasteiger partial charge in [-0.15, -0.1) is 0 Å². The molecule has 0 radical (unpaired) electrons. The van der Waals surface area contributed by atoms with Crippen molar-refractivity contribution in [1.29, 1.82) is 0 Å². The summed E-state index contributed by atoms with van der Waals surface area (Å²) in [4.78, 5) is 11.0. The number of hydrogen-bond acceptors (Lipinski definition) is 2. The fourth-order valence-corrected chi connectivity index (χ4v) is 1.40. The number of hydrogen-bond donors (Lipinski definition) is 2. The molecule has 64 valence electrons. The number of carbonyl (C=O) groups is 1. The van der Waals surface area contributed by atoms with Crippen LogP contribution < -0.4 is 10.6 Å². The maximum absolute atomic E-state index is 11.0. The molecule has 0 spiro atoms. The van der Waals surface area contributed by atoms with Gasteiger partial charge >= 0.3 is 0 Å². The van der Waals surface area contributed by atoms with Gasteiger partial charge in [0.05, 0.1) is 0 Å². The van der Waals surface area contributed by atoms with E-state index in [1.54, 1.807) is 0 Å². The van der Waals surface area contributed by atoms with Gasteiger partial charge in [0, 0.05) is 25.6 Å². The van der Waals surface area contributed by atoms with Crippen molar-refractivity contribution in [2.45, 2.75) is 32.2 Å². The Morgan fingerprint density at radius 1 is 1.55 bits per heavy atom. The number of carbonyl (C=O) groups excluding carboxylic acids is 1. The van der Waals surface area contributed by atoms with E-state index in [-0.39, 0.29) is 5.91 Å². The minimum atomic E-state index is 0.188. The maximum Gasteiger partial charge on any atom is 0.221 e. The third-order valence-electron chi connectivity index (χ3n) is 1.95. The van der Waals surface area contributed by atoms with E-state index in [1.807, 2.05) is 0 Å². The van der Waals surface area contributed by atoms with Crippen molar-refractivity contribution in [1.82, 2.24) is 10.6 Å². The second-order valence-electron chi connectivity index (χ2n) is 2.99. The zero-order chi connectivity index (χ0) is 8.10. The Morgan fingerprint density at radius 2 is 2.36 bits per heavy atom. The van der Waals surface area contributed by atoms with E-state index in [0.29, 0.717) is 12.5 Å². The van der Waals surface area contributed by atoms with Crippen LogP contribution in [-0.4, -0.2) is 25.0 Å². The fourth-order valence-electron chi connectivity index (χ4n) is 1.40. The molecule has 1 aliphatic rings. The Hall–Kier alpha value is -0.570. The second-order valence-corrected chi connectivity index (χ2v) is 2.99. The molecule has 1 aliphatic heterocycles. The Bertz CT molecular complexity index is 136. The fraction of sp³-hybridized carbons (Fsp3) is 0.875. The maximum atomic E-state index is 11.0. The van der Waals surface area contributed by atoms with Crippen LogP contribution in [0.1, 0.15) is 26.2 Å². The minimum Gasteiger partial charge on any atom is -0.355 e. The molecule has 0 aromatic heterocycles. The van der Waals surface area contributed by atoms with Crippen LogP contribution in [0.3, 0.4) is 0 Å². The average Bonchev–Trinajstić information content (AvgIpc) is 2.15. The van der Waals surface area contributed by atoms with E-state index >= 15 is 0 Å². The van der Waals surface area contributed by atoms with E-state index in [2.05, 4.69) is 17.6 Å². The lowest BCUT2D eigenvalue weighted by Crippen LogP contribution is -2.29. The Labute approximate surface area is 67.5 Å². The molecule has 11 heavy (non-hydrogen) atoms. The van der Waals surface area contributed by atoms with Gasteiger partial charge in [0.15, 0.2) is 0 Å². The van der Waals surface area contributed by atoms with E-state index < -0.39 is 0 Å². The molecule has 0 aliphatic carbocycles. The summed E-state index contributed by atoms with van der Waals surface area (Å²) < 4.78 is 0. The minimum absolute atomic E-state index is 0.188. The van der Waals surface area contributed by atoms with Gasteiger partial charge in [-0.2, -0.15) is 0 Å². The largest absolute Gasteiger partial charge is 0.355 e. The molecular formula is C8H16N2O. The van der Waals surface area contributed by atoms with Crippen molar-refractivity contribution in [3.63, 3.8) is 0 Å². The van der Waals surface area contributed by atoms with Gasteiger partial charge < -0.3 is 10.6 Å². The predicted octanol–water partition coefficient (Wildman–Crippen LogP) is 0.265. The highest BCUT2D eigenvalue weighted by Crippen LogP contribution is 2.02. The lowest BCUT2D eigenvalue weighted by Gasteiger charge is -2.11. The molecule has 3 nitrogen and oxygen atoms in total. The van der Waals surface area contributed by atoms with Crippen molar-refractivity contribution in [3.05, 3.63) is 0 Å². The van der Waals surface area contributed by atoms with Gasteiger partial charge in [-0.3, -0.25) is 4.79 Å². The predicted molar refractivity (Wildman–Crippen MR) is 44.3 cm³/mol. The molecule has 1 unspecified atom stereocenters. The smallest absolute Gasteiger partial charge is 0.221 e.